The number of rotatable bonds is 3. The van der Waals surface area contributed by atoms with Crippen LogP contribution in [0.5, 0.6) is 0 Å². The average Bonchev–Trinajstić information content (AvgIpc) is 2.31. The fourth-order valence-corrected chi connectivity index (χ4v) is 1.76. The zero-order valence-corrected chi connectivity index (χ0v) is 8.88. The first-order valence-electron chi connectivity index (χ1n) is 5.25. The van der Waals surface area contributed by atoms with Crippen LogP contribution in [0.25, 0.3) is 0 Å². The Hall–Kier alpha value is -1.64. The van der Waals surface area contributed by atoms with E-state index in [0.29, 0.717) is 12.0 Å². The van der Waals surface area contributed by atoms with Crippen molar-refractivity contribution in [2.24, 2.45) is 0 Å². The zero-order chi connectivity index (χ0) is 11.4. The molecule has 2 aromatic rings. The molecule has 0 bridgehead atoms. The van der Waals surface area contributed by atoms with Crippen molar-refractivity contribution >= 4 is 0 Å². The van der Waals surface area contributed by atoms with Gasteiger partial charge in [-0.1, -0.05) is 54.6 Å². The lowest BCUT2D eigenvalue weighted by atomic mass is 9.99. The molecular formula is C14H14O2. The Balaban J connectivity index is 2.28. The highest BCUT2D eigenvalue weighted by Crippen LogP contribution is 2.18. The monoisotopic (exact) mass is 214 g/mol. The molecule has 0 atom stereocenters. The maximum absolute atomic E-state index is 9.24. The summed E-state index contributed by atoms with van der Waals surface area (Å²) < 4.78 is 0. The van der Waals surface area contributed by atoms with Gasteiger partial charge in [0, 0.05) is 5.56 Å². The van der Waals surface area contributed by atoms with Gasteiger partial charge in [-0.3, -0.25) is 0 Å². The molecule has 82 valence electrons. The Morgan fingerprint density at radius 3 is 2.12 bits per heavy atom. The molecule has 0 heterocycles. The summed E-state index contributed by atoms with van der Waals surface area (Å²) in [5.41, 5.74) is 2.69. The van der Waals surface area contributed by atoms with Crippen molar-refractivity contribution in [3.05, 3.63) is 71.3 Å². The van der Waals surface area contributed by atoms with E-state index in [9.17, 15) is 10.2 Å². The van der Waals surface area contributed by atoms with Crippen LogP contribution < -0.4 is 0 Å². The molecule has 0 saturated heterocycles. The van der Waals surface area contributed by atoms with E-state index < -0.39 is 6.29 Å². The van der Waals surface area contributed by atoms with Crippen LogP contribution in [-0.4, -0.2) is 10.2 Å². The fourth-order valence-electron chi connectivity index (χ4n) is 1.76. The SMILES string of the molecule is OC(O)c1ccccc1Cc1ccccc1. The molecule has 0 saturated carbocycles. The van der Waals surface area contributed by atoms with Crippen molar-refractivity contribution in [2.75, 3.05) is 0 Å². The minimum atomic E-state index is -1.40. The Morgan fingerprint density at radius 2 is 1.44 bits per heavy atom. The summed E-state index contributed by atoms with van der Waals surface area (Å²) in [5, 5.41) is 18.5. The summed E-state index contributed by atoms with van der Waals surface area (Å²) >= 11 is 0. The van der Waals surface area contributed by atoms with E-state index >= 15 is 0 Å². The molecule has 16 heavy (non-hydrogen) atoms. The lowest BCUT2D eigenvalue weighted by Gasteiger charge is -2.10. The molecule has 0 unspecified atom stereocenters. The number of aliphatic hydroxyl groups excluding tert-OH is 1. The van der Waals surface area contributed by atoms with Gasteiger partial charge in [-0.2, -0.15) is 0 Å². The molecule has 0 amide bonds. The van der Waals surface area contributed by atoms with E-state index in [-0.39, 0.29) is 0 Å². The molecule has 0 aliphatic heterocycles. The summed E-state index contributed by atoms with van der Waals surface area (Å²) in [5.74, 6) is 0. The van der Waals surface area contributed by atoms with Gasteiger partial charge in [0.15, 0.2) is 6.29 Å². The van der Waals surface area contributed by atoms with Crippen LogP contribution in [0.1, 0.15) is 23.0 Å². The van der Waals surface area contributed by atoms with Crippen LogP contribution in [0.15, 0.2) is 54.6 Å². The Bertz CT molecular complexity index is 449. The van der Waals surface area contributed by atoms with Crippen LogP contribution in [-0.2, 0) is 6.42 Å². The van der Waals surface area contributed by atoms with Crippen LogP contribution in [0.4, 0.5) is 0 Å². The van der Waals surface area contributed by atoms with Crippen LogP contribution >= 0.6 is 0 Å². The van der Waals surface area contributed by atoms with E-state index in [0.717, 1.165) is 11.1 Å². The minimum absolute atomic E-state index is 0.575. The second-order valence-electron chi connectivity index (χ2n) is 3.73. The van der Waals surface area contributed by atoms with Gasteiger partial charge < -0.3 is 10.2 Å². The molecule has 0 aliphatic rings. The van der Waals surface area contributed by atoms with E-state index in [1.54, 1.807) is 6.07 Å². The second-order valence-corrected chi connectivity index (χ2v) is 3.73. The van der Waals surface area contributed by atoms with Crippen LogP contribution in [0.3, 0.4) is 0 Å². The normalized spacial score (nSPS) is 10.7. The molecular weight excluding hydrogens is 200 g/mol. The molecule has 2 heteroatoms. The van der Waals surface area contributed by atoms with Gasteiger partial charge in [-0.15, -0.1) is 0 Å². The Morgan fingerprint density at radius 1 is 0.812 bits per heavy atom. The van der Waals surface area contributed by atoms with E-state index in [2.05, 4.69) is 0 Å². The number of hydrogen-bond donors (Lipinski definition) is 2. The van der Waals surface area contributed by atoms with Crippen molar-refractivity contribution in [3.8, 4) is 0 Å². The summed E-state index contributed by atoms with van der Waals surface area (Å²) in [6, 6.07) is 17.4. The van der Waals surface area contributed by atoms with Gasteiger partial charge in [0.2, 0.25) is 0 Å². The van der Waals surface area contributed by atoms with E-state index in [1.165, 1.54) is 0 Å². The first kappa shape index (κ1) is 10.9. The summed E-state index contributed by atoms with van der Waals surface area (Å²) in [7, 11) is 0. The van der Waals surface area contributed by atoms with Gasteiger partial charge >= 0.3 is 0 Å². The predicted octanol–water partition coefficient (Wildman–Crippen LogP) is 2.26. The number of hydrogen-bond acceptors (Lipinski definition) is 2. The highest BCUT2D eigenvalue weighted by atomic mass is 16.5. The molecule has 0 radical (unpaired) electrons. The predicted molar refractivity (Wildman–Crippen MR) is 62.9 cm³/mol. The van der Waals surface area contributed by atoms with E-state index in [1.807, 2.05) is 48.5 Å². The number of aliphatic hydroxyl groups is 2. The van der Waals surface area contributed by atoms with Crippen LogP contribution in [0.2, 0.25) is 0 Å². The lowest BCUT2D eigenvalue weighted by molar-refractivity contribution is -0.0430. The molecule has 2 N–H and O–H groups in total. The molecule has 2 nitrogen and oxygen atoms in total. The maximum Gasteiger partial charge on any atom is 0.178 e. The first-order chi connectivity index (χ1) is 7.77. The largest absolute Gasteiger partial charge is 0.364 e. The minimum Gasteiger partial charge on any atom is -0.364 e. The first-order valence-corrected chi connectivity index (χ1v) is 5.25. The van der Waals surface area contributed by atoms with Gasteiger partial charge in [-0.05, 0) is 17.5 Å². The molecule has 2 aromatic carbocycles. The molecule has 0 fully saturated rings. The highest BCUT2D eigenvalue weighted by Gasteiger charge is 2.08. The third kappa shape index (κ3) is 2.48. The zero-order valence-electron chi connectivity index (χ0n) is 8.88. The standard InChI is InChI=1S/C14H14O2/c15-14(16)13-9-5-4-8-12(13)10-11-6-2-1-3-7-11/h1-9,14-16H,10H2. The third-order valence-electron chi connectivity index (χ3n) is 2.57. The van der Waals surface area contributed by atoms with Crippen molar-refractivity contribution in [1.82, 2.24) is 0 Å². The van der Waals surface area contributed by atoms with Crippen molar-refractivity contribution in [1.29, 1.82) is 0 Å². The van der Waals surface area contributed by atoms with E-state index in [4.69, 9.17) is 0 Å². The third-order valence-corrected chi connectivity index (χ3v) is 2.57. The number of benzene rings is 2. The molecule has 0 aromatic heterocycles. The Labute approximate surface area is 94.8 Å². The van der Waals surface area contributed by atoms with Crippen LogP contribution in [0, 0.1) is 0 Å². The van der Waals surface area contributed by atoms with Gasteiger partial charge in [0.25, 0.3) is 0 Å². The summed E-state index contributed by atoms with van der Waals surface area (Å²) in [6.45, 7) is 0. The fraction of sp³-hybridized carbons (Fsp3) is 0.143. The summed E-state index contributed by atoms with van der Waals surface area (Å²) in [6.07, 6.45) is -0.686. The smallest absolute Gasteiger partial charge is 0.178 e. The van der Waals surface area contributed by atoms with Gasteiger partial charge in [-0.25, -0.2) is 0 Å². The van der Waals surface area contributed by atoms with Crippen molar-refractivity contribution in [2.45, 2.75) is 12.7 Å². The second kappa shape index (κ2) is 4.92. The molecule has 0 aliphatic carbocycles. The quantitative estimate of drug-likeness (QED) is 0.769. The average molecular weight is 214 g/mol. The molecule has 0 spiro atoms. The van der Waals surface area contributed by atoms with Crippen molar-refractivity contribution in [3.63, 3.8) is 0 Å². The maximum atomic E-state index is 9.24. The Kier molecular flexibility index (Phi) is 3.34. The summed E-state index contributed by atoms with van der Waals surface area (Å²) in [4.78, 5) is 0. The van der Waals surface area contributed by atoms with Gasteiger partial charge in [0.1, 0.15) is 0 Å². The highest BCUT2D eigenvalue weighted by molar-refractivity contribution is 5.33. The van der Waals surface area contributed by atoms with Gasteiger partial charge in [0.05, 0.1) is 0 Å². The molecule has 2 rings (SSSR count). The van der Waals surface area contributed by atoms with Crippen molar-refractivity contribution < 1.29 is 10.2 Å². The lowest BCUT2D eigenvalue weighted by Crippen LogP contribution is -2.01. The topological polar surface area (TPSA) is 40.5 Å².